The standard InChI is InChI=1S/C17H20FN3O3S/c1-12-10-13(2)20-17(19-12)24-15-4-3-9-21(11-15)25(22,23)16-7-5-14(18)6-8-16/h5-8,10,15H,3-4,9,11H2,1-2H3. The normalized spacial score (nSPS) is 18.9. The Morgan fingerprint density at radius 1 is 1.16 bits per heavy atom. The van der Waals surface area contributed by atoms with Crippen LogP contribution in [-0.4, -0.2) is 41.9 Å². The van der Waals surface area contributed by atoms with E-state index in [0.717, 1.165) is 29.9 Å². The average molecular weight is 365 g/mol. The molecule has 1 fully saturated rings. The highest BCUT2D eigenvalue weighted by Gasteiger charge is 2.31. The van der Waals surface area contributed by atoms with Crippen molar-refractivity contribution < 1.29 is 17.5 Å². The Labute approximate surface area is 146 Å². The van der Waals surface area contributed by atoms with Crippen LogP contribution in [0.3, 0.4) is 0 Å². The predicted molar refractivity (Wildman–Crippen MR) is 90.3 cm³/mol. The molecule has 8 heteroatoms. The van der Waals surface area contributed by atoms with Crippen molar-refractivity contribution in [1.29, 1.82) is 0 Å². The first kappa shape index (κ1) is 17.8. The van der Waals surface area contributed by atoms with Gasteiger partial charge in [0.05, 0.1) is 11.4 Å². The molecule has 1 aromatic carbocycles. The molecule has 0 saturated carbocycles. The van der Waals surface area contributed by atoms with Crippen LogP contribution in [0.4, 0.5) is 4.39 Å². The number of piperidine rings is 1. The Morgan fingerprint density at radius 2 is 1.80 bits per heavy atom. The zero-order chi connectivity index (χ0) is 18.0. The van der Waals surface area contributed by atoms with Gasteiger partial charge in [0.15, 0.2) is 0 Å². The SMILES string of the molecule is Cc1cc(C)nc(OC2CCCN(S(=O)(=O)c3ccc(F)cc3)C2)n1. The Hall–Kier alpha value is -2.06. The van der Waals surface area contributed by atoms with Crippen LogP contribution in [-0.2, 0) is 10.0 Å². The third-order valence-electron chi connectivity index (χ3n) is 4.03. The summed E-state index contributed by atoms with van der Waals surface area (Å²) in [4.78, 5) is 8.56. The van der Waals surface area contributed by atoms with E-state index in [2.05, 4.69) is 9.97 Å². The molecule has 0 N–H and O–H groups in total. The number of benzene rings is 1. The number of nitrogens with zero attached hydrogens (tertiary/aromatic N) is 3. The van der Waals surface area contributed by atoms with Gasteiger partial charge in [-0.15, -0.1) is 0 Å². The summed E-state index contributed by atoms with van der Waals surface area (Å²) in [6.07, 6.45) is 1.09. The van der Waals surface area contributed by atoms with Gasteiger partial charge in [-0.3, -0.25) is 0 Å². The summed E-state index contributed by atoms with van der Waals surface area (Å²) in [7, 11) is -3.67. The molecule has 2 aromatic rings. The molecule has 0 radical (unpaired) electrons. The molecule has 1 saturated heterocycles. The van der Waals surface area contributed by atoms with Gasteiger partial charge in [0.25, 0.3) is 0 Å². The lowest BCUT2D eigenvalue weighted by molar-refractivity contribution is 0.119. The highest BCUT2D eigenvalue weighted by molar-refractivity contribution is 7.89. The van der Waals surface area contributed by atoms with Gasteiger partial charge in [0, 0.05) is 17.9 Å². The largest absolute Gasteiger partial charge is 0.459 e. The number of rotatable bonds is 4. The number of ether oxygens (including phenoxy) is 1. The molecule has 0 bridgehead atoms. The number of hydrogen-bond acceptors (Lipinski definition) is 5. The van der Waals surface area contributed by atoms with E-state index in [1.54, 1.807) is 0 Å². The molecule has 1 aliphatic rings. The summed E-state index contributed by atoms with van der Waals surface area (Å²) in [5.74, 6) is -0.467. The van der Waals surface area contributed by atoms with E-state index >= 15 is 0 Å². The Kier molecular flexibility index (Phi) is 5.01. The van der Waals surface area contributed by atoms with Gasteiger partial charge < -0.3 is 4.74 Å². The summed E-state index contributed by atoms with van der Waals surface area (Å²) in [5.41, 5.74) is 1.60. The Balaban J connectivity index is 1.75. The minimum atomic E-state index is -3.67. The molecule has 1 atom stereocenters. The molecule has 1 aromatic heterocycles. The quantitative estimate of drug-likeness (QED) is 0.832. The lowest BCUT2D eigenvalue weighted by Gasteiger charge is -2.31. The molecule has 25 heavy (non-hydrogen) atoms. The first-order valence-electron chi connectivity index (χ1n) is 8.09. The van der Waals surface area contributed by atoms with Gasteiger partial charge in [0.2, 0.25) is 10.0 Å². The summed E-state index contributed by atoms with van der Waals surface area (Å²) in [6.45, 7) is 4.34. The van der Waals surface area contributed by atoms with E-state index in [1.165, 1.54) is 16.4 Å². The van der Waals surface area contributed by atoms with E-state index in [0.29, 0.717) is 13.0 Å². The number of sulfonamides is 1. The molecule has 6 nitrogen and oxygen atoms in total. The number of aromatic nitrogens is 2. The molecular weight excluding hydrogens is 345 g/mol. The first-order valence-corrected chi connectivity index (χ1v) is 9.53. The van der Waals surface area contributed by atoms with E-state index < -0.39 is 15.8 Å². The molecule has 134 valence electrons. The molecule has 3 rings (SSSR count). The number of aryl methyl sites for hydroxylation is 2. The molecule has 0 amide bonds. The summed E-state index contributed by atoms with van der Waals surface area (Å²) in [5, 5.41) is 0. The van der Waals surface area contributed by atoms with Crippen LogP contribution in [0.1, 0.15) is 24.2 Å². The van der Waals surface area contributed by atoms with Gasteiger partial charge in [0.1, 0.15) is 11.9 Å². The number of halogens is 1. The van der Waals surface area contributed by atoms with Gasteiger partial charge in [-0.1, -0.05) is 0 Å². The van der Waals surface area contributed by atoms with Crippen LogP contribution < -0.4 is 4.74 Å². The minimum absolute atomic E-state index is 0.0807. The molecular formula is C17H20FN3O3S. The van der Waals surface area contributed by atoms with Crippen molar-refractivity contribution in [3.63, 3.8) is 0 Å². The summed E-state index contributed by atoms with van der Waals surface area (Å²) < 4.78 is 45.7. The van der Waals surface area contributed by atoms with Crippen LogP contribution in [0.25, 0.3) is 0 Å². The fraction of sp³-hybridized carbons (Fsp3) is 0.412. The van der Waals surface area contributed by atoms with Gasteiger partial charge in [-0.05, 0) is 57.0 Å². The van der Waals surface area contributed by atoms with Crippen molar-refractivity contribution >= 4 is 10.0 Å². The van der Waals surface area contributed by atoms with Crippen molar-refractivity contribution in [1.82, 2.24) is 14.3 Å². The van der Waals surface area contributed by atoms with Crippen LogP contribution in [0.2, 0.25) is 0 Å². The highest BCUT2D eigenvalue weighted by atomic mass is 32.2. The summed E-state index contributed by atoms with van der Waals surface area (Å²) in [6, 6.07) is 6.97. The monoisotopic (exact) mass is 365 g/mol. The average Bonchev–Trinajstić information content (AvgIpc) is 2.54. The van der Waals surface area contributed by atoms with Crippen LogP contribution in [0.5, 0.6) is 6.01 Å². The van der Waals surface area contributed by atoms with Gasteiger partial charge in [-0.2, -0.15) is 4.31 Å². The third-order valence-corrected chi connectivity index (χ3v) is 5.91. The number of hydrogen-bond donors (Lipinski definition) is 0. The Bertz CT molecular complexity index is 836. The maximum atomic E-state index is 13.0. The molecule has 1 aliphatic heterocycles. The van der Waals surface area contributed by atoms with E-state index in [9.17, 15) is 12.8 Å². The van der Waals surface area contributed by atoms with Crippen LogP contribution in [0.15, 0.2) is 35.2 Å². The third kappa shape index (κ3) is 4.13. The molecule has 2 heterocycles. The second-order valence-corrected chi connectivity index (χ2v) is 8.07. The van der Waals surface area contributed by atoms with Crippen LogP contribution in [0, 0.1) is 19.7 Å². The first-order chi connectivity index (χ1) is 11.8. The van der Waals surface area contributed by atoms with E-state index in [1.807, 2.05) is 19.9 Å². The van der Waals surface area contributed by atoms with Crippen molar-refractivity contribution in [2.24, 2.45) is 0 Å². The Morgan fingerprint density at radius 3 is 2.44 bits per heavy atom. The van der Waals surface area contributed by atoms with Gasteiger partial charge >= 0.3 is 6.01 Å². The molecule has 0 aliphatic carbocycles. The van der Waals surface area contributed by atoms with Crippen LogP contribution >= 0.6 is 0 Å². The highest BCUT2D eigenvalue weighted by Crippen LogP contribution is 2.23. The maximum Gasteiger partial charge on any atom is 0.317 e. The molecule has 0 spiro atoms. The van der Waals surface area contributed by atoms with Gasteiger partial charge in [-0.25, -0.2) is 22.8 Å². The van der Waals surface area contributed by atoms with E-state index in [4.69, 9.17) is 4.74 Å². The lowest BCUT2D eigenvalue weighted by Crippen LogP contribution is -2.44. The maximum absolute atomic E-state index is 13.0. The molecule has 1 unspecified atom stereocenters. The fourth-order valence-electron chi connectivity index (χ4n) is 2.87. The second kappa shape index (κ2) is 7.05. The smallest absolute Gasteiger partial charge is 0.317 e. The van der Waals surface area contributed by atoms with Crippen molar-refractivity contribution in [3.8, 4) is 6.01 Å². The van der Waals surface area contributed by atoms with Crippen molar-refractivity contribution in [3.05, 3.63) is 47.5 Å². The topological polar surface area (TPSA) is 72.4 Å². The lowest BCUT2D eigenvalue weighted by atomic mass is 10.1. The predicted octanol–water partition coefficient (Wildman–Crippen LogP) is 2.46. The van der Waals surface area contributed by atoms with Crippen molar-refractivity contribution in [2.75, 3.05) is 13.1 Å². The van der Waals surface area contributed by atoms with Crippen molar-refractivity contribution in [2.45, 2.75) is 37.7 Å². The zero-order valence-corrected chi connectivity index (χ0v) is 15.0. The second-order valence-electron chi connectivity index (χ2n) is 6.13. The zero-order valence-electron chi connectivity index (χ0n) is 14.1. The summed E-state index contributed by atoms with van der Waals surface area (Å²) >= 11 is 0. The minimum Gasteiger partial charge on any atom is -0.459 e. The fourth-order valence-corrected chi connectivity index (χ4v) is 4.38. The van der Waals surface area contributed by atoms with E-state index in [-0.39, 0.29) is 23.6 Å².